The summed E-state index contributed by atoms with van der Waals surface area (Å²) in [6.07, 6.45) is 3.83. The van der Waals surface area contributed by atoms with E-state index >= 15 is 0 Å². The maximum absolute atomic E-state index is 14.7. The summed E-state index contributed by atoms with van der Waals surface area (Å²) in [5.74, 6) is -0.910. The van der Waals surface area contributed by atoms with Gasteiger partial charge in [0.2, 0.25) is 5.91 Å². The Kier molecular flexibility index (Phi) is 6.01. The fourth-order valence-corrected chi connectivity index (χ4v) is 6.78. The molecule has 3 heterocycles. The van der Waals surface area contributed by atoms with Crippen LogP contribution in [0, 0.1) is 17.1 Å². The van der Waals surface area contributed by atoms with Gasteiger partial charge in [-0.05, 0) is 54.8 Å². The van der Waals surface area contributed by atoms with Crippen molar-refractivity contribution in [3.63, 3.8) is 0 Å². The third-order valence-electron chi connectivity index (χ3n) is 5.42. The molecule has 0 bridgehead atoms. The highest BCUT2D eigenvalue weighted by Crippen LogP contribution is 2.35. The van der Waals surface area contributed by atoms with Crippen LogP contribution in [0.25, 0.3) is 15.9 Å². The molecule has 0 spiro atoms. The van der Waals surface area contributed by atoms with Crippen LogP contribution in [0.2, 0.25) is 0 Å². The van der Waals surface area contributed by atoms with Crippen molar-refractivity contribution >= 4 is 55.6 Å². The number of carbonyl (C=O) groups is 1. The Balaban J connectivity index is 1.55. The SMILES string of the molecule is N#Cc1ccsc1NC(=O)CSc1nc2sc3c(c2c(=O)n1-c1ccccc1F)CCCC3. The monoisotopic (exact) mass is 496 g/mol. The Labute approximate surface area is 200 Å². The lowest BCUT2D eigenvalue weighted by atomic mass is 9.97. The molecule has 0 aliphatic heterocycles. The number of hydrogen-bond acceptors (Lipinski definition) is 7. The third kappa shape index (κ3) is 4.08. The molecule has 10 heteroatoms. The Hall–Kier alpha value is -3.00. The second-order valence-corrected chi connectivity index (χ2v) is 10.4. The predicted molar refractivity (Wildman–Crippen MR) is 130 cm³/mol. The largest absolute Gasteiger partial charge is 0.316 e. The Morgan fingerprint density at radius 2 is 2.09 bits per heavy atom. The topological polar surface area (TPSA) is 87.8 Å². The third-order valence-corrected chi connectivity index (χ3v) is 8.38. The molecule has 33 heavy (non-hydrogen) atoms. The maximum Gasteiger partial charge on any atom is 0.267 e. The van der Waals surface area contributed by atoms with E-state index in [1.54, 1.807) is 23.6 Å². The van der Waals surface area contributed by atoms with E-state index in [-0.39, 0.29) is 28.1 Å². The summed E-state index contributed by atoms with van der Waals surface area (Å²) in [7, 11) is 0. The number of nitrogens with one attached hydrogen (secondary N) is 1. The summed E-state index contributed by atoms with van der Waals surface area (Å²) in [6, 6.07) is 9.74. The number of hydrogen-bond donors (Lipinski definition) is 1. The summed E-state index contributed by atoms with van der Waals surface area (Å²) in [5.41, 5.74) is 1.23. The number of nitrogens with zero attached hydrogens (tertiary/aromatic N) is 3. The zero-order valence-electron chi connectivity index (χ0n) is 17.3. The number of thioether (sulfide) groups is 1. The summed E-state index contributed by atoms with van der Waals surface area (Å²) < 4.78 is 16.0. The van der Waals surface area contributed by atoms with Crippen molar-refractivity contribution < 1.29 is 9.18 Å². The standard InChI is InChI=1S/C23H17FN4O2S3/c24-15-6-2-3-7-16(15)28-22(30)19-14-5-1-4-8-17(14)33-21(19)27-23(28)32-12-18(29)26-20-13(11-25)9-10-31-20/h2-3,6-7,9-10H,1,4-5,8,12H2,(H,26,29). The Morgan fingerprint density at radius 1 is 1.27 bits per heavy atom. The molecule has 0 unspecified atom stereocenters. The first-order valence-electron chi connectivity index (χ1n) is 10.3. The van der Waals surface area contributed by atoms with Crippen LogP contribution < -0.4 is 10.9 Å². The number of para-hydroxylation sites is 1. The Morgan fingerprint density at radius 3 is 2.91 bits per heavy atom. The summed E-state index contributed by atoms with van der Waals surface area (Å²) in [5, 5.41) is 14.9. The molecule has 0 saturated carbocycles. The Bertz CT molecular complexity index is 1480. The fraction of sp³-hybridized carbons (Fsp3) is 0.217. The molecule has 1 aliphatic carbocycles. The lowest BCUT2D eigenvalue weighted by molar-refractivity contribution is -0.113. The van der Waals surface area contributed by atoms with Gasteiger partial charge in [-0.3, -0.25) is 14.2 Å². The van der Waals surface area contributed by atoms with E-state index in [2.05, 4.69) is 5.32 Å². The maximum atomic E-state index is 14.7. The van der Waals surface area contributed by atoms with E-state index in [0.29, 0.717) is 20.8 Å². The van der Waals surface area contributed by atoms with Crippen LogP contribution in [-0.4, -0.2) is 21.2 Å². The molecule has 1 N–H and O–H groups in total. The smallest absolute Gasteiger partial charge is 0.267 e. The molecule has 0 radical (unpaired) electrons. The van der Waals surface area contributed by atoms with E-state index in [0.717, 1.165) is 43.0 Å². The predicted octanol–water partition coefficient (Wildman–Crippen LogP) is 5.13. The molecule has 0 atom stereocenters. The van der Waals surface area contributed by atoms with Gasteiger partial charge < -0.3 is 5.32 Å². The fourth-order valence-electron chi connectivity index (χ4n) is 3.92. The molecule has 1 amide bonds. The van der Waals surface area contributed by atoms with Crippen LogP contribution in [0.1, 0.15) is 28.8 Å². The number of aryl methyl sites for hydroxylation is 2. The van der Waals surface area contributed by atoms with Gasteiger partial charge in [-0.2, -0.15) is 5.26 Å². The van der Waals surface area contributed by atoms with Gasteiger partial charge in [-0.1, -0.05) is 23.9 Å². The minimum Gasteiger partial charge on any atom is -0.316 e. The lowest BCUT2D eigenvalue weighted by Gasteiger charge is -2.14. The summed E-state index contributed by atoms with van der Waals surface area (Å²) in [6.45, 7) is 0. The van der Waals surface area contributed by atoms with Gasteiger partial charge in [0.25, 0.3) is 5.56 Å². The van der Waals surface area contributed by atoms with Crippen molar-refractivity contribution in [2.24, 2.45) is 0 Å². The highest BCUT2D eigenvalue weighted by Gasteiger charge is 2.24. The second-order valence-electron chi connectivity index (χ2n) is 7.49. The number of aromatic nitrogens is 2. The van der Waals surface area contributed by atoms with Crippen molar-refractivity contribution in [1.82, 2.24) is 9.55 Å². The van der Waals surface area contributed by atoms with Gasteiger partial charge in [0.05, 0.1) is 22.4 Å². The zero-order chi connectivity index (χ0) is 22.9. The first kappa shape index (κ1) is 21.8. The molecule has 0 saturated heterocycles. The average molecular weight is 497 g/mol. The highest BCUT2D eigenvalue weighted by molar-refractivity contribution is 7.99. The van der Waals surface area contributed by atoms with Crippen molar-refractivity contribution in [3.05, 3.63) is 67.9 Å². The van der Waals surface area contributed by atoms with E-state index in [9.17, 15) is 14.0 Å². The van der Waals surface area contributed by atoms with Crippen LogP contribution in [0.4, 0.5) is 9.39 Å². The highest BCUT2D eigenvalue weighted by atomic mass is 32.2. The number of benzene rings is 1. The second kappa shape index (κ2) is 9.09. The molecular formula is C23H17FN4O2S3. The molecule has 166 valence electrons. The molecule has 0 fully saturated rings. The molecular weight excluding hydrogens is 479 g/mol. The van der Waals surface area contributed by atoms with Gasteiger partial charge in [0, 0.05) is 4.88 Å². The van der Waals surface area contributed by atoms with Crippen LogP contribution in [-0.2, 0) is 17.6 Å². The summed E-state index contributed by atoms with van der Waals surface area (Å²) in [4.78, 5) is 32.7. The van der Waals surface area contributed by atoms with Crippen molar-refractivity contribution in [2.75, 3.05) is 11.1 Å². The van der Waals surface area contributed by atoms with Crippen molar-refractivity contribution in [2.45, 2.75) is 30.8 Å². The zero-order valence-corrected chi connectivity index (χ0v) is 19.7. The van der Waals surface area contributed by atoms with Crippen molar-refractivity contribution in [1.29, 1.82) is 5.26 Å². The van der Waals surface area contributed by atoms with E-state index in [1.807, 2.05) is 6.07 Å². The van der Waals surface area contributed by atoms with Gasteiger partial charge in [0.15, 0.2) is 5.16 Å². The number of halogens is 1. The minimum atomic E-state index is -0.534. The van der Waals surface area contributed by atoms with Gasteiger partial charge in [0.1, 0.15) is 21.7 Å². The van der Waals surface area contributed by atoms with E-state index < -0.39 is 5.82 Å². The molecule has 5 rings (SSSR count). The number of carbonyl (C=O) groups excluding carboxylic acids is 1. The van der Waals surface area contributed by atoms with Crippen LogP contribution in [0.5, 0.6) is 0 Å². The van der Waals surface area contributed by atoms with Gasteiger partial charge in [-0.15, -0.1) is 22.7 Å². The number of nitriles is 1. The first-order chi connectivity index (χ1) is 16.1. The van der Waals surface area contributed by atoms with Crippen LogP contribution in [0.15, 0.2) is 45.7 Å². The summed E-state index contributed by atoms with van der Waals surface area (Å²) >= 11 is 3.85. The number of anilines is 1. The van der Waals surface area contributed by atoms with Gasteiger partial charge >= 0.3 is 0 Å². The molecule has 6 nitrogen and oxygen atoms in total. The van der Waals surface area contributed by atoms with E-state index in [4.69, 9.17) is 10.2 Å². The number of thiophene rings is 2. The quantitative estimate of drug-likeness (QED) is 0.306. The van der Waals surface area contributed by atoms with Crippen LogP contribution in [0.3, 0.4) is 0 Å². The molecule has 3 aromatic heterocycles. The number of fused-ring (bicyclic) bond motifs is 3. The number of rotatable bonds is 5. The first-order valence-corrected chi connectivity index (χ1v) is 13.0. The van der Waals surface area contributed by atoms with Crippen molar-refractivity contribution in [3.8, 4) is 11.8 Å². The number of amides is 1. The molecule has 1 aromatic carbocycles. The lowest BCUT2D eigenvalue weighted by Crippen LogP contribution is -2.24. The molecule has 1 aliphatic rings. The van der Waals surface area contributed by atoms with Crippen LogP contribution >= 0.6 is 34.4 Å². The normalized spacial score (nSPS) is 13.0. The average Bonchev–Trinajstić information content (AvgIpc) is 3.42. The minimum absolute atomic E-state index is 0.0414. The van der Waals surface area contributed by atoms with Gasteiger partial charge in [-0.25, -0.2) is 9.37 Å². The van der Waals surface area contributed by atoms with E-state index in [1.165, 1.54) is 44.3 Å². The molecule has 4 aromatic rings.